The van der Waals surface area contributed by atoms with E-state index in [4.69, 9.17) is 22.3 Å². The van der Waals surface area contributed by atoms with Crippen molar-refractivity contribution in [1.29, 1.82) is 0 Å². The summed E-state index contributed by atoms with van der Waals surface area (Å²) in [6.45, 7) is 7.27. The highest BCUT2D eigenvalue weighted by Crippen LogP contribution is 2.45. The molecule has 2 fully saturated rings. The van der Waals surface area contributed by atoms with E-state index in [2.05, 4.69) is 0 Å². The third-order valence-corrected chi connectivity index (χ3v) is 6.54. The number of aliphatic carboxylic acids is 1. The molecule has 0 bridgehead atoms. The Morgan fingerprint density at radius 1 is 1.26 bits per heavy atom. The Kier molecular flexibility index (Phi) is 7.90. The van der Waals surface area contributed by atoms with Gasteiger partial charge >= 0.3 is 5.97 Å². The van der Waals surface area contributed by atoms with Gasteiger partial charge in [0, 0.05) is 61.4 Å². The zero-order valence-corrected chi connectivity index (χ0v) is 21.1. The maximum absolute atomic E-state index is 12.8. The Balaban J connectivity index is 1.89. The Bertz CT molecular complexity index is 1050. The third kappa shape index (κ3) is 6.42. The van der Waals surface area contributed by atoms with Crippen LogP contribution in [0.25, 0.3) is 0 Å². The van der Waals surface area contributed by atoms with Gasteiger partial charge in [-0.1, -0.05) is 32.9 Å². The average Bonchev–Trinajstić information content (AvgIpc) is 3.58. The zero-order chi connectivity index (χ0) is 25.9. The molecule has 0 aromatic heterocycles. The number of hydrogen-bond donors (Lipinski definition) is 4. The van der Waals surface area contributed by atoms with Gasteiger partial charge in [-0.05, 0) is 37.0 Å². The van der Waals surface area contributed by atoms with Crippen molar-refractivity contribution in [2.45, 2.75) is 46.0 Å². The number of amides is 1. The number of likely N-dealkylation sites (tertiary alicyclic amines) is 1. The number of rotatable bonds is 7. The van der Waals surface area contributed by atoms with Crippen molar-refractivity contribution in [3.8, 4) is 0 Å². The second kappa shape index (κ2) is 10.5. The summed E-state index contributed by atoms with van der Waals surface area (Å²) in [5.74, 6) is 4.70. The van der Waals surface area contributed by atoms with E-state index >= 15 is 0 Å². The maximum Gasteiger partial charge on any atom is 0.339 e. The molecule has 0 spiro atoms. The number of allylic oxidation sites excluding steroid dienone is 1. The first-order valence-corrected chi connectivity index (χ1v) is 12.0. The highest BCUT2D eigenvalue weighted by Gasteiger charge is 2.45. The molecule has 1 aromatic rings. The Labute approximate surface area is 207 Å². The molecule has 1 amide bonds. The molecular formula is C26H38N6O3. The van der Waals surface area contributed by atoms with E-state index in [0.29, 0.717) is 30.1 Å². The van der Waals surface area contributed by atoms with E-state index in [1.807, 2.05) is 49.9 Å². The van der Waals surface area contributed by atoms with Crippen LogP contribution in [0.1, 0.15) is 51.5 Å². The van der Waals surface area contributed by atoms with Crippen LogP contribution in [0.2, 0.25) is 0 Å². The lowest BCUT2D eigenvalue weighted by Crippen LogP contribution is -2.44. The number of hydrogen-bond acceptors (Lipinski definition) is 7. The van der Waals surface area contributed by atoms with Crippen molar-refractivity contribution in [2.75, 3.05) is 20.1 Å². The van der Waals surface area contributed by atoms with E-state index in [1.165, 1.54) is 5.01 Å². The number of nitrogens with zero attached hydrogens (tertiary/aromatic N) is 3. The van der Waals surface area contributed by atoms with E-state index in [1.54, 1.807) is 13.2 Å². The zero-order valence-electron chi connectivity index (χ0n) is 21.1. The highest BCUT2D eigenvalue weighted by atomic mass is 16.4. The lowest BCUT2D eigenvalue weighted by atomic mass is 9.87. The molecule has 3 unspecified atom stereocenters. The van der Waals surface area contributed by atoms with Crippen LogP contribution >= 0.6 is 0 Å². The first kappa shape index (κ1) is 26.3. The topological polar surface area (TPSA) is 151 Å². The largest absolute Gasteiger partial charge is 0.478 e. The quantitative estimate of drug-likeness (QED) is 0.202. The summed E-state index contributed by atoms with van der Waals surface area (Å²) in [5.41, 5.74) is 14.1. The van der Waals surface area contributed by atoms with Crippen LogP contribution in [0.5, 0.6) is 0 Å². The number of hydrazine groups is 1. The maximum atomic E-state index is 12.8. The number of carbonyl (C=O) groups excluding carboxylic acids is 1. The normalized spacial score (nSPS) is 23.7. The summed E-state index contributed by atoms with van der Waals surface area (Å²) >= 11 is 0. The van der Waals surface area contributed by atoms with Gasteiger partial charge in [-0.15, -0.1) is 0 Å². The van der Waals surface area contributed by atoms with Gasteiger partial charge in [-0.2, -0.15) is 0 Å². The molecule has 1 aliphatic heterocycles. The predicted molar refractivity (Wildman–Crippen MR) is 137 cm³/mol. The van der Waals surface area contributed by atoms with Crippen LogP contribution in [-0.2, 0) is 9.59 Å². The van der Waals surface area contributed by atoms with Gasteiger partial charge in [0.15, 0.2) is 0 Å². The summed E-state index contributed by atoms with van der Waals surface area (Å²) in [7, 11) is 1.68. The third-order valence-electron chi connectivity index (χ3n) is 6.54. The number of piperidine rings is 1. The smallest absolute Gasteiger partial charge is 0.339 e. The summed E-state index contributed by atoms with van der Waals surface area (Å²) in [5, 5.41) is 11.1. The minimum atomic E-state index is -1.13. The van der Waals surface area contributed by atoms with Crippen LogP contribution in [0.15, 0.2) is 52.9 Å². The average molecular weight is 483 g/mol. The second-order valence-corrected chi connectivity index (χ2v) is 10.6. The van der Waals surface area contributed by atoms with Gasteiger partial charge in [0.2, 0.25) is 5.91 Å². The van der Waals surface area contributed by atoms with Crippen molar-refractivity contribution in [3.05, 3.63) is 53.5 Å². The van der Waals surface area contributed by atoms with Gasteiger partial charge in [-0.3, -0.25) is 9.79 Å². The lowest BCUT2D eigenvalue weighted by Gasteiger charge is -2.36. The summed E-state index contributed by atoms with van der Waals surface area (Å²) < 4.78 is 0. The number of aliphatic imine (C=N–C) groups is 1. The molecule has 3 rings (SSSR count). The summed E-state index contributed by atoms with van der Waals surface area (Å²) in [4.78, 5) is 31.4. The molecule has 9 nitrogen and oxygen atoms in total. The Morgan fingerprint density at radius 3 is 2.57 bits per heavy atom. The van der Waals surface area contributed by atoms with E-state index in [9.17, 15) is 14.7 Å². The van der Waals surface area contributed by atoms with Crippen molar-refractivity contribution in [1.82, 2.24) is 9.91 Å². The van der Waals surface area contributed by atoms with Crippen molar-refractivity contribution < 1.29 is 14.7 Å². The molecule has 35 heavy (non-hydrogen) atoms. The van der Waals surface area contributed by atoms with Crippen molar-refractivity contribution in [2.24, 2.45) is 39.6 Å². The SMILES string of the molecule is CN(N)/C=C(\N)C1CC1C(=Nc1cccc(C2CCCN(C(=O)C(C)(C)C)C2)c1)C(=CN)C(=O)O. The van der Waals surface area contributed by atoms with Crippen molar-refractivity contribution >= 4 is 23.3 Å². The molecule has 1 heterocycles. The minimum absolute atomic E-state index is 0.0311. The molecule has 2 aliphatic rings. The monoisotopic (exact) mass is 482 g/mol. The molecule has 9 heteroatoms. The number of carbonyl (C=O) groups is 2. The van der Waals surface area contributed by atoms with Gasteiger partial charge in [0.1, 0.15) is 0 Å². The fourth-order valence-corrected chi connectivity index (χ4v) is 4.70. The number of carboxylic acid groups (broad SMARTS) is 1. The first-order valence-electron chi connectivity index (χ1n) is 12.0. The molecule has 0 radical (unpaired) electrons. The van der Waals surface area contributed by atoms with Crippen LogP contribution in [-0.4, -0.2) is 52.7 Å². The molecule has 7 N–H and O–H groups in total. The van der Waals surface area contributed by atoms with Crippen LogP contribution in [0.3, 0.4) is 0 Å². The Hall–Kier alpha value is -3.33. The fourth-order valence-electron chi connectivity index (χ4n) is 4.70. The van der Waals surface area contributed by atoms with Crippen LogP contribution < -0.4 is 17.3 Å². The summed E-state index contributed by atoms with van der Waals surface area (Å²) in [6.07, 6.45) is 5.31. The van der Waals surface area contributed by atoms with Gasteiger partial charge in [0.25, 0.3) is 0 Å². The molecule has 190 valence electrons. The van der Waals surface area contributed by atoms with Crippen LogP contribution in [0, 0.1) is 17.3 Å². The number of benzene rings is 1. The Morgan fingerprint density at radius 2 is 1.97 bits per heavy atom. The summed E-state index contributed by atoms with van der Waals surface area (Å²) in [6, 6.07) is 7.80. The molecule has 1 aromatic carbocycles. The van der Waals surface area contributed by atoms with E-state index in [-0.39, 0.29) is 29.2 Å². The standard InChI is InChI=1S/C26H38N6O3/c1-26(2,3)25(35)32-10-6-8-17(14-32)16-7-5-9-18(11-16)30-23(21(13-27)24(33)34)20-12-19(20)22(28)15-31(4)29/h5,7,9,11,13,15,17,19-20H,6,8,10,12,14,27-29H2,1-4H3,(H,33,34)/b21-13?,22-15-,30-23?. The fraction of sp³-hybridized carbons (Fsp3) is 0.500. The molecule has 1 aliphatic carbocycles. The predicted octanol–water partition coefficient (Wildman–Crippen LogP) is 2.68. The van der Waals surface area contributed by atoms with E-state index in [0.717, 1.165) is 31.1 Å². The van der Waals surface area contributed by atoms with Crippen LogP contribution in [0.4, 0.5) is 5.69 Å². The highest BCUT2D eigenvalue weighted by molar-refractivity contribution is 6.21. The van der Waals surface area contributed by atoms with Gasteiger partial charge in [0.05, 0.1) is 17.0 Å². The molecule has 1 saturated carbocycles. The van der Waals surface area contributed by atoms with Gasteiger partial charge < -0.3 is 26.5 Å². The van der Waals surface area contributed by atoms with E-state index < -0.39 is 11.4 Å². The first-order chi connectivity index (χ1) is 16.4. The molecular weight excluding hydrogens is 444 g/mol. The van der Waals surface area contributed by atoms with Crippen molar-refractivity contribution in [3.63, 3.8) is 0 Å². The molecule has 3 atom stereocenters. The number of carboxylic acids is 1. The second-order valence-electron chi connectivity index (χ2n) is 10.6. The minimum Gasteiger partial charge on any atom is -0.478 e. The lowest BCUT2D eigenvalue weighted by molar-refractivity contribution is -0.140. The van der Waals surface area contributed by atoms with Gasteiger partial charge in [-0.25, -0.2) is 10.6 Å². The number of nitrogens with two attached hydrogens (primary N) is 3. The molecule has 1 saturated heterocycles.